The number of hydrogen-bond acceptors (Lipinski definition) is 6. The van der Waals surface area contributed by atoms with Gasteiger partial charge in [-0.2, -0.15) is 0 Å². The highest BCUT2D eigenvalue weighted by molar-refractivity contribution is 7.09. The van der Waals surface area contributed by atoms with Crippen molar-refractivity contribution in [2.24, 2.45) is 0 Å². The highest BCUT2D eigenvalue weighted by Gasteiger charge is 2.29. The van der Waals surface area contributed by atoms with Gasteiger partial charge in [0.1, 0.15) is 11.3 Å². The van der Waals surface area contributed by atoms with Crippen molar-refractivity contribution in [2.75, 3.05) is 0 Å². The molecule has 124 valence electrons. The molecule has 24 heavy (non-hydrogen) atoms. The van der Waals surface area contributed by atoms with Crippen LogP contribution in [0.4, 0.5) is 0 Å². The van der Waals surface area contributed by atoms with Crippen molar-refractivity contribution in [3.8, 4) is 5.69 Å². The third kappa shape index (κ3) is 3.48. The average Bonchev–Trinajstić information content (AvgIpc) is 3.29. The summed E-state index contributed by atoms with van der Waals surface area (Å²) in [7, 11) is 0. The Morgan fingerprint density at radius 1 is 1.33 bits per heavy atom. The minimum atomic E-state index is -0.433. The maximum Gasteiger partial charge on any atom is 0.225 e. The van der Waals surface area contributed by atoms with Crippen LogP contribution in [0, 0.1) is 0 Å². The Kier molecular flexibility index (Phi) is 4.66. The number of tetrazole rings is 1. The van der Waals surface area contributed by atoms with Crippen LogP contribution in [-0.4, -0.2) is 31.1 Å². The van der Waals surface area contributed by atoms with Crippen molar-refractivity contribution in [2.45, 2.75) is 32.2 Å². The molecule has 0 bridgehead atoms. The Bertz CT molecular complexity index is 785. The minimum Gasteiger partial charge on any atom is -0.344 e. The fourth-order valence-electron chi connectivity index (χ4n) is 2.37. The number of rotatable bonds is 6. The van der Waals surface area contributed by atoms with Gasteiger partial charge < -0.3 is 5.32 Å². The van der Waals surface area contributed by atoms with E-state index in [-0.39, 0.29) is 5.91 Å². The molecule has 0 fully saturated rings. The molecule has 0 aliphatic heterocycles. The molecule has 1 aromatic carbocycles. The molecule has 8 heteroatoms. The number of carbonyl (C=O) groups excluding carboxylic acids is 1. The van der Waals surface area contributed by atoms with Gasteiger partial charge in [0.15, 0.2) is 0 Å². The molecule has 2 aromatic heterocycles. The minimum absolute atomic E-state index is 0.0234. The first-order chi connectivity index (χ1) is 11.6. The Balaban J connectivity index is 1.66. The van der Waals surface area contributed by atoms with E-state index in [4.69, 9.17) is 0 Å². The second-order valence-corrected chi connectivity index (χ2v) is 6.56. The van der Waals surface area contributed by atoms with Gasteiger partial charge >= 0.3 is 0 Å². The molecule has 0 saturated carbocycles. The lowest BCUT2D eigenvalue weighted by Gasteiger charge is -2.27. The molecule has 0 saturated heterocycles. The summed E-state index contributed by atoms with van der Waals surface area (Å²) in [4.78, 5) is 16.8. The van der Waals surface area contributed by atoms with Gasteiger partial charge in [-0.05, 0) is 41.5 Å². The van der Waals surface area contributed by atoms with Gasteiger partial charge in [-0.1, -0.05) is 19.1 Å². The maximum absolute atomic E-state index is 12.4. The Morgan fingerprint density at radius 3 is 2.71 bits per heavy atom. The van der Waals surface area contributed by atoms with E-state index in [9.17, 15) is 4.79 Å². The first-order valence-electron chi connectivity index (χ1n) is 7.64. The lowest BCUT2D eigenvalue weighted by molar-refractivity contribution is -0.122. The lowest BCUT2D eigenvalue weighted by atomic mass is 9.99. The molecule has 0 aliphatic carbocycles. The van der Waals surface area contributed by atoms with E-state index in [0.29, 0.717) is 6.42 Å². The van der Waals surface area contributed by atoms with Crippen molar-refractivity contribution < 1.29 is 4.79 Å². The second kappa shape index (κ2) is 6.88. The monoisotopic (exact) mass is 342 g/mol. The highest BCUT2D eigenvalue weighted by Crippen LogP contribution is 2.26. The van der Waals surface area contributed by atoms with Gasteiger partial charge in [0.2, 0.25) is 5.91 Å². The Morgan fingerprint density at radius 2 is 2.12 bits per heavy atom. The van der Waals surface area contributed by atoms with Crippen molar-refractivity contribution in [1.82, 2.24) is 30.5 Å². The fraction of sp³-hybridized carbons (Fsp3) is 0.312. The Labute approximate surface area is 143 Å². The van der Waals surface area contributed by atoms with Crippen molar-refractivity contribution in [1.29, 1.82) is 0 Å². The van der Waals surface area contributed by atoms with Crippen LogP contribution in [0.3, 0.4) is 0 Å². The number of nitrogens with zero attached hydrogens (tertiary/aromatic N) is 5. The van der Waals surface area contributed by atoms with E-state index < -0.39 is 5.54 Å². The van der Waals surface area contributed by atoms with Crippen LogP contribution in [0.5, 0.6) is 0 Å². The lowest BCUT2D eigenvalue weighted by Crippen LogP contribution is -2.43. The van der Waals surface area contributed by atoms with Gasteiger partial charge in [-0.25, -0.2) is 9.67 Å². The molecule has 1 unspecified atom stereocenters. The normalized spacial score (nSPS) is 13.4. The molecule has 0 aliphatic rings. The zero-order chi connectivity index (χ0) is 17.0. The van der Waals surface area contributed by atoms with Crippen LogP contribution in [0.1, 0.15) is 30.8 Å². The van der Waals surface area contributed by atoms with E-state index in [1.807, 2.05) is 43.5 Å². The predicted octanol–water partition coefficient (Wildman–Crippen LogP) is 2.10. The number of nitrogens with one attached hydrogen (secondary N) is 1. The quantitative estimate of drug-likeness (QED) is 0.741. The fourth-order valence-corrected chi connectivity index (χ4v) is 3.20. The number of aromatic nitrogens is 5. The maximum atomic E-state index is 12.4. The summed E-state index contributed by atoms with van der Waals surface area (Å²) in [5, 5.41) is 17.0. The third-order valence-electron chi connectivity index (χ3n) is 3.94. The van der Waals surface area contributed by atoms with Crippen LogP contribution in [0.15, 0.2) is 42.2 Å². The van der Waals surface area contributed by atoms with E-state index in [2.05, 4.69) is 25.8 Å². The highest BCUT2D eigenvalue weighted by atomic mass is 32.1. The van der Waals surface area contributed by atoms with Gasteiger partial charge in [0.25, 0.3) is 0 Å². The summed E-state index contributed by atoms with van der Waals surface area (Å²) in [6.07, 6.45) is 4.39. The summed E-state index contributed by atoms with van der Waals surface area (Å²) in [5.41, 5.74) is 1.35. The summed E-state index contributed by atoms with van der Waals surface area (Å²) < 4.78 is 1.57. The van der Waals surface area contributed by atoms with Crippen LogP contribution in [-0.2, 0) is 16.8 Å². The molecular weight excluding hydrogens is 324 g/mol. The zero-order valence-electron chi connectivity index (χ0n) is 13.5. The smallest absolute Gasteiger partial charge is 0.225 e. The SMILES string of the molecule is CCC(C)(NC(=O)Cc1ccc(-n2cnnn2)cc1)c1nccs1. The van der Waals surface area contributed by atoms with E-state index in [0.717, 1.165) is 22.7 Å². The molecular formula is C16H18N6OS. The van der Waals surface area contributed by atoms with Gasteiger partial charge in [-0.3, -0.25) is 4.79 Å². The van der Waals surface area contributed by atoms with Crippen molar-refractivity contribution >= 4 is 17.2 Å². The molecule has 7 nitrogen and oxygen atoms in total. The van der Waals surface area contributed by atoms with E-state index >= 15 is 0 Å². The zero-order valence-corrected chi connectivity index (χ0v) is 14.3. The molecule has 1 amide bonds. The summed E-state index contributed by atoms with van der Waals surface area (Å²) in [6, 6.07) is 7.59. The van der Waals surface area contributed by atoms with Crippen LogP contribution < -0.4 is 5.32 Å². The molecule has 2 heterocycles. The van der Waals surface area contributed by atoms with Crippen LogP contribution in [0.2, 0.25) is 0 Å². The van der Waals surface area contributed by atoms with Crippen LogP contribution >= 0.6 is 11.3 Å². The number of carbonyl (C=O) groups is 1. The third-order valence-corrected chi connectivity index (χ3v) is 4.98. The van der Waals surface area contributed by atoms with Crippen LogP contribution in [0.25, 0.3) is 5.69 Å². The number of benzene rings is 1. The molecule has 3 rings (SSSR count). The van der Waals surface area contributed by atoms with Crippen molar-refractivity contribution in [3.05, 3.63) is 52.7 Å². The molecule has 0 spiro atoms. The van der Waals surface area contributed by atoms with Gasteiger partial charge in [-0.15, -0.1) is 16.4 Å². The summed E-state index contributed by atoms with van der Waals surface area (Å²) in [6.45, 7) is 4.05. The summed E-state index contributed by atoms with van der Waals surface area (Å²) >= 11 is 1.56. The van der Waals surface area contributed by atoms with Gasteiger partial charge in [0.05, 0.1) is 17.6 Å². The number of amides is 1. The Hall–Kier alpha value is -2.61. The topological polar surface area (TPSA) is 85.6 Å². The molecule has 0 radical (unpaired) electrons. The standard InChI is InChI=1S/C16H18N6OS/c1-3-16(2,15-17-8-9-24-15)19-14(23)10-12-4-6-13(7-5-12)22-11-18-20-21-22/h4-9,11H,3,10H2,1-2H3,(H,19,23). The van der Waals surface area contributed by atoms with Gasteiger partial charge in [0, 0.05) is 11.6 Å². The van der Waals surface area contributed by atoms with E-state index in [1.165, 1.54) is 6.33 Å². The second-order valence-electron chi connectivity index (χ2n) is 5.67. The van der Waals surface area contributed by atoms with Crippen molar-refractivity contribution in [3.63, 3.8) is 0 Å². The largest absolute Gasteiger partial charge is 0.344 e. The number of thiazole rings is 1. The number of hydrogen-bond donors (Lipinski definition) is 1. The predicted molar refractivity (Wildman–Crippen MR) is 90.8 cm³/mol. The molecule has 1 atom stereocenters. The summed E-state index contributed by atoms with van der Waals surface area (Å²) in [5.74, 6) is -0.0234. The first kappa shape index (κ1) is 16.3. The molecule has 3 aromatic rings. The average molecular weight is 342 g/mol. The van der Waals surface area contributed by atoms with E-state index in [1.54, 1.807) is 22.2 Å². The first-order valence-corrected chi connectivity index (χ1v) is 8.52. The molecule has 1 N–H and O–H groups in total.